The van der Waals surface area contributed by atoms with Gasteiger partial charge in [0.25, 0.3) is 11.8 Å². The molecule has 1 aromatic carbocycles. The van der Waals surface area contributed by atoms with Gasteiger partial charge in [-0.2, -0.15) is 8.78 Å². The average molecular weight is 714 g/mol. The molecule has 2 aliphatic heterocycles. The van der Waals surface area contributed by atoms with Crippen molar-refractivity contribution in [3.63, 3.8) is 0 Å². The smallest absolute Gasteiger partial charge is 0.345 e. The molecule has 2 fully saturated rings. The van der Waals surface area contributed by atoms with Crippen LogP contribution in [-0.2, 0) is 17.7 Å². The highest BCUT2D eigenvalue weighted by atomic mass is 19.3. The second kappa shape index (κ2) is 13.8. The van der Waals surface area contributed by atoms with Crippen molar-refractivity contribution in [2.45, 2.75) is 89.3 Å². The Morgan fingerprint density at radius 1 is 1.04 bits per heavy atom. The summed E-state index contributed by atoms with van der Waals surface area (Å²) in [4.78, 5) is 47.8. The molecule has 2 bridgehead atoms. The van der Waals surface area contributed by atoms with Crippen LogP contribution in [0.15, 0.2) is 42.7 Å². The number of hydrogen-bond donors (Lipinski definition) is 2. The quantitative estimate of drug-likeness (QED) is 0.242. The van der Waals surface area contributed by atoms with Crippen molar-refractivity contribution >= 4 is 33.9 Å². The second-order valence-electron chi connectivity index (χ2n) is 13.9. The predicted molar refractivity (Wildman–Crippen MR) is 188 cm³/mol. The summed E-state index contributed by atoms with van der Waals surface area (Å²) >= 11 is 0. The number of likely N-dealkylation sites (tertiary alicyclic amines) is 1. The van der Waals surface area contributed by atoms with Gasteiger partial charge in [-0.15, -0.1) is 0 Å². The fourth-order valence-electron chi connectivity index (χ4n) is 7.58. The van der Waals surface area contributed by atoms with Crippen molar-refractivity contribution in [1.29, 1.82) is 0 Å². The lowest BCUT2D eigenvalue weighted by Crippen LogP contribution is -2.54. The summed E-state index contributed by atoms with van der Waals surface area (Å²) in [6.45, 7) is 0.0205. The number of ether oxygens (including phenoxy) is 2. The lowest BCUT2D eigenvalue weighted by Gasteiger charge is -2.36. The number of fused-ring (bicyclic) bond motifs is 3. The molecular formula is C37H41F2N9O4. The van der Waals surface area contributed by atoms with Crippen LogP contribution in [0.3, 0.4) is 0 Å². The molecule has 3 atom stereocenters. The molecule has 1 aliphatic carbocycles. The SMILES string of the molecule is COc1cc(C(=O)N2CC[C@@H](OC(F)F)[C@@H](N)C2)cc2nc(-c3cc4ccc5nc4n3CCCCCc3nccnc3C(=O)N[C@@H]5C)n(C3CC3)c12. The lowest BCUT2D eigenvalue weighted by atomic mass is 10.0. The van der Waals surface area contributed by atoms with Crippen LogP contribution in [0.4, 0.5) is 8.78 Å². The molecule has 13 nitrogen and oxygen atoms in total. The number of amides is 2. The van der Waals surface area contributed by atoms with Gasteiger partial charge >= 0.3 is 6.61 Å². The standard InChI is InChI=1S/C37H41F2N9O4/c1-20-25-10-7-21-17-28(47(33(21)44-25)14-5-3-4-6-26-31(35(49)43-20)42-13-12-41-26)34-45-27-16-22(18-30(51-2)32(27)48(34)23-8-9-23)36(50)46-15-11-29(24(40)19-46)52-37(38)39/h7,10,12-13,16-18,20,23-24,29,37H,3-6,8-9,11,14-15,19,40H2,1-2H3,(H,43,49)/t20-,24+,29-/m1/s1. The third-order valence-corrected chi connectivity index (χ3v) is 10.4. The summed E-state index contributed by atoms with van der Waals surface area (Å²) in [6.07, 6.45) is 7.80. The Labute approximate surface area is 298 Å². The molecule has 272 valence electrons. The molecule has 0 unspecified atom stereocenters. The van der Waals surface area contributed by atoms with E-state index < -0.39 is 18.8 Å². The summed E-state index contributed by atoms with van der Waals surface area (Å²) in [5, 5.41) is 4.02. The van der Waals surface area contributed by atoms with E-state index in [0.717, 1.165) is 65.9 Å². The minimum atomic E-state index is -2.92. The van der Waals surface area contributed by atoms with Crippen LogP contribution in [0.1, 0.15) is 89.8 Å². The van der Waals surface area contributed by atoms with Crippen molar-refractivity contribution in [2.24, 2.45) is 5.73 Å². The molecule has 1 saturated carbocycles. The molecule has 1 saturated heterocycles. The maximum absolute atomic E-state index is 13.8. The van der Waals surface area contributed by atoms with E-state index in [9.17, 15) is 18.4 Å². The van der Waals surface area contributed by atoms with E-state index in [0.29, 0.717) is 41.2 Å². The number of pyridine rings is 1. The van der Waals surface area contributed by atoms with Gasteiger partial charge in [0.15, 0.2) is 5.82 Å². The molecule has 0 radical (unpaired) electrons. The lowest BCUT2D eigenvalue weighted by molar-refractivity contribution is -0.175. The minimum Gasteiger partial charge on any atom is -0.494 e. The van der Waals surface area contributed by atoms with Crippen LogP contribution in [-0.4, -0.2) is 84.7 Å². The van der Waals surface area contributed by atoms with Crippen molar-refractivity contribution in [2.75, 3.05) is 20.2 Å². The van der Waals surface area contributed by atoms with Gasteiger partial charge in [0.05, 0.1) is 41.9 Å². The number of alkyl halides is 2. The number of aryl methyl sites for hydroxylation is 2. The summed E-state index contributed by atoms with van der Waals surface area (Å²) < 4.78 is 40.8. The number of carbonyl (C=O) groups is 2. The normalized spacial score (nSPS) is 21.4. The number of hydrogen-bond acceptors (Lipinski definition) is 9. The van der Waals surface area contributed by atoms with Crippen LogP contribution < -0.4 is 15.8 Å². The first kappa shape index (κ1) is 34.1. The van der Waals surface area contributed by atoms with Gasteiger partial charge in [-0.05, 0) is 75.8 Å². The van der Waals surface area contributed by atoms with E-state index in [2.05, 4.69) is 35.2 Å². The molecule has 2 amide bonds. The van der Waals surface area contributed by atoms with Gasteiger partial charge in [0, 0.05) is 55.1 Å². The number of carbonyl (C=O) groups excluding carboxylic acids is 2. The van der Waals surface area contributed by atoms with Gasteiger partial charge in [0.2, 0.25) is 0 Å². The van der Waals surface area contributed by atoms with E-state index in [1.807, 2.05) is 19.1 Å². The number of piperidine rings is 1. The Hall–Kier alpha value is -5.02. The molecule has 0 spiro atoms. The van der Waals surface area contributed by atoms with E-state index in [4.69, 9.17) is 20.4 Å². The number of benzene rings is 1. The molecule has 6 heterocycles. The Morgan fingerprint density at radius 3 is 2.63 bits per heavy atom. The summed E-state index contributed by atoms with van der Waals surface area (Å²) in [7, 11) is 1.58. The topological polar surface area (TPSA) is 155 Å². The van der Waals surface area contributed by atoms with Gasteiger partial charge in [0.1, 0.15) is 22.6 Å². The average Bonchev–Trinajstić information content (AvgIpc) is 3.81. The van der Waals surface area contributed by atoms with Crippen LogP contribution in [0.2, 0.25) is 0 Å². The van der Waals surface area contributed by atoms with Crippen LogP contribution in [0.5, 0.6) is 5.75 Å². The second-order valence-corrected chi connectivity index (χ2v) is 13.9. The van der Waals surface area contributed by atoms with Crippen LogP contribution in [0.25, 0.3) is 33.6 Å². The number of imidazole rings is 1. The predicted octanol–water partition coefficient (Wildman–Crippen LogP) is 5.18. The van der Waals surface area contributed by atoms with Crippen molar-refractivity contribution < 1.29 is 27.8 Å². The number of methoxy groups -OCH3 is 1. The first-order valence-electron chi connectivity index (χ1n) is 17.9. The zero-order valence-electron chi connectivity index (χ0n) is 29.1. The highest BCUT2D eigenvalue weighted by Crippen LogP contribution is 2.45. The maximum Gasteiger partial charge on any atom is 0.345 e. The molecule has 3 N–H and O–H groups in total. The molecular weight excluding hydrogens is 672 g/mol. The monoisotopic (exact) mass is 713 g/mol. The van der Waals surface area contributed by atoms with Gasteiger partial charge in [-0.1, -0.05) is 6.42 Å². The number of rotatable bonds is 6. The third kappa shape index (κ3) is 6.36. The summed E-state index contributed by atoms with van der Waals surface area (Å²) in [6, 6.07) is 8.69. The molecule has 15 heteroatoms. The van der Waals surface area contributed by atoms with Crippen molar-refractivity contribution in [1.82, 2.24) is 39.3 Å². The molecule has 4 aromatic heterocycles. The summed E-state index contributed by atoms with van der Waals surface area (Å²) in [5.41, 5.74) is 11.4. The number of aromatic nitrogens is 6. The minimum absolute atomic E-state index is 0.0929. The Balaban J connectivity index is 1.18. The first-order chi connectivity index (χ1) is 25.2. The summed E-state index contributed by atoms with van der Waals surface area (Å²) in [5.74, 6) is 0.738. The molecule has 3 aliphatic rings. The maximum atomic E-state index is 13.8. The molecule has 8 rings (SSSR count). The van der Waals surface area contributed by atoms with Crippen molar-refractivity contribution in [3.8, 4) is 17.3 Å². The molecule has 5 aromatic rings. The van der Waals surface area contributed by atoms with E-state index in [-0.39, 0.29) is 43.4 Å². The van der Waals surface area contributed by atoms with Gasteiger partial charge in [-0.25, -0.2) is 15.0 Å². The number of nitrogens with zero attached hydrogens (tertiary/aromatic N) is 7. The Kier molecular flexibility index (Phi) is 9.07. The molecule has 52 heavy (non-hydrogen) atoms. The highest BCUT2D eigenvalue weighted by molar-refractivity contribution is 6.00. The fourth-order valence-corrected chi connectivity index (χ4v) is 7.58. The number of halogens is 2. The fraction of sp³-hybridized carbons (Fsp3) is 0.459. The zero-order chi connectivity index (χ0) is 36.1. The van der Waals surface area contributed by atoms with Crippen molar-refractivity contribution in [3.05, 3.63) is 65.4 Å². The van der Waals surface area contributed by atoms with E-state index in [1.165, 1.54) is 0 Å². The van der Waals surface area contributed by atoms with Gasteiger partial charge in [-0.3, -0.25) is 14.6 Å². The Morgan fingerprint density at radius 2 is 1.87 bits per heavy atom. The largest absolute Gasteiger partial charge is 0.494 e. The highest BCUT2D eigenvalue weighted by Gasteiger charge is 2.35. The Bertz CT molecular complexity index is 2160. The first-order valence-corrected chi connectivity index (χ1v) is 17.9. The van der Waals surface area contributed by atoms with E-state index >= 15 is 0 Å². The zero-order valence-corrected chi connectivity index (χ0v) is 29.1. The van der Waals surface area contributed by atoms with Crippen LogP contribution in [0, 0.1) is 0 Å². The van der Waals surface area contributed by atoms with Crippen LogP contribution >= 0.6 is 0 Å². The third-order valence-electron chi connectivity index (χ3n) is 10.4. The number of nitrogens with two attached hydrogens (primary N) is 1. The van der Waals surface area contributed by atoms with Gasteiger partial charge < -0.3 is 34.6 Å². The van der Waals surface area contributed by atoms with E-state index in [1.54, 1.807) is 36.5 Å². The number of nitrogens with one attached hydrogen (secondary N) is 1.